The Bertz CT molecular complexity index is 199. The van der Waals surface area contributed by atoms with E-state index in [2.05, 4.69) is 17.1 Å². The van der Waals surface area contributed by atoms with E-state index in [0.717, 1.165) is 12.1 Å². The second-order valence-corrected chi connectivity index (χ2v) is 5.88. The smallest absolute Gasteiger partial charge is 0.00931 e. The summed E-state index contributed by atoms with van der Waals surface area (Å²) in [6, 6.07) is 1.73. The molecule has 1 heterocycles. The van der Waals surface area contributed by atoms with Gasteiger partial charge in [0.1, 0.15) is 0 Å². The van der Waals surface area contributed by atoms with Gasteiger partial charge in [0.15, 0.2) is 0 Å². The lowest BCUT2D eigenvalue weighted by molar-refractivity contribution is 0.241. The minimum absolute atomic E-state index is 0.837. The van der Waals surface area contributed by atoms with Crippen molar-refractivity contribution in [1.29, 1.82) is 0 Å². The molecule has 0 aromatic rings. The standard InChI is InChI=1S/C15H30N2/c1-2-15-10-6-12-17(15)13-7-11-16-14-8-4-3-5-9-14/h14-16H,2-13H2,1H3. The van der Waals surface area contributed by atoms with Gasteiger partial charge in [-0.1, -0.05) is 26.2 Å². The molecule has 1 unspecified atom stereocenters. The number of rotatable bonds is 6. The first-order valence-corrected chi connectivity index (χ1v) is 7.87. The zero-order valence-corrected chi connectivity index (χ0v) is 11.6. The van der Waals surface area contributed by atoms with Crippen molar-refractivity contribution < 1.29 is 0 Å². The van der Waals surface area contributed by atoms with Crippen molar-refractivity contribution in [2.24, 2.45) is 0 Å². The average Bonchev–Trinajstić information content (AvgIpc) is 2.83. The van der Waals surface area contributed by atoms with Crippen LogP contribution in [0.4, 0.5) is 0 Å². The van der Waals surface area contributed by atoms with Crippen LogP contribution in [-0.2, 0) is 0 Å². The summed E-state index contributed by atoms with van der Waals surface area (Å²) in [6.45, 7) is 6.24. The van der Waals surface area contributed by atoms with Crippen LogP contribution in [0.1, 0.15) is 64.7 Å². The van der Waals surface area contributed by atoms with E-state index in [-0.39, 0.29) is 0 Å². The number of nitrogens with one attached hydrogen (secondary N) is 1. The van der Waals surface area contributed by atoms with Gasteiger partial charge in [0.05, 0.1) is 0 Å². The van der Waals surface area contributed by atoms with Crippen molar-refractivity contribution in [2.75, 3.05) is 19.6 Å². The SMILES string of the molecule is CCC1CCCN1CCCNC1CCCCC1. The lowest BCUT2D eigenvalue weighted by Crippen LogP contribution is -2.35. The molecule has 2 heteroatoms. The summed E-state index contributed by atoms with van der Waals surface area (Å²) in [5, 5.41) is 3.75. The highest BCUT2D eigenvalue weighted by Crippen LogP contribution is 2.20. The average molecular weight is 238 g/mol. The summed E-state index contributed by atoms with van der Waals surface area (Å²) in [5.74, 6) is 0. The number of hydrogen-bond donors (Lipinski definition) is 1. The fourth-order valence-corrected chi connectivity index (χ4v) is 3.55. The van der Waals surface area contributed by atoms with E-state index in [0.29, 0.717) is 0 Å². The summed E-state index contributed by atoms with van der Waals surface area (Å²) in [4.78, 5) is 2.71. The van der Waals surface area contributed by atoms with Crippen LogP contribution < -0.4 is 5.32 Å². The van der Waals surface area contributed by atoms with Crippen LogP contribution in [0.25, 0.3) is 0 Å². The van der Waals surface area contributed by atoms with E-state index in [1.165, 1.54) is 77.4 Å². The van der Waals surface area contributed by atoms with Crippen molar-refractivity contribution in [1.82, 2.24) is 10.2 Å². The van der Waals surface area contributed by atoms with Crippen molar-refractivity contribution in [3.05, 3.63) is 0 Å². The highest BCUT2D eigenvalue weighted by atomic mass is 15.2. The van der Waals surface area contributed by atoms with Crippen LogP contribution in [0, 0.1) is 0 Å². The number of nitrogens with zero attached hydrogens (tertiary/aromatic N) is 1. The zero-order valence-electron chi connectivity index (χ0n) is 11.6. The third kappa shape index (κ3) is 4.26. The van der Waals surface area contributed by atoms with Gasteiger partial charge in [-0.05, 0) is 58.2 Å². The molecule has 1 atom stereocenters. The quantitative estimate of drug-likeness (QED) is 0.715. The van der Waals surface area contributed by atoms with Crippen LogP contribution in [-0.4, -0.2) is 36.6 Å². The van der Waals surface area contributed by atoms with Gasteiger partial charge in [0, 0.05) is 12.1 Å². The summed E-state index contributed by atoms with van der Waals surface area (Å²) in [6.07, 6.45) is 12.7. The molecule has 2 rings (SSSR count). The molecule has 0 bridgehead atoms. The molecule has 0 aromatic carbocycles. The molecule has 1 aliphatic heterocycles. The minimum Gasteiger partial charge on any atom is -0.314 e. The van der Waals surface area contributed by atoms with Gasteiger partial charge >= 0.3 is 0 Å². The molecular formula is C15H30N2. The molecule has 2 nitrogen and oxygen atoms in total. The molecule has 2 aliphatic rings. The first-order chi connectivity index (χ1) is 8.40. The lowest BCUT2D eigenvalue weighted by atomic mass is 9.95. The molecule has 0 radical (unpaired) electrons. The van der Waals surface area contributed by atoms with Crippen LogP contribution in [0.15, 0.2) is 0 Å². The highest BCUT2D eigenvalue weighted by molar-refractivity contribution is 4.78. The number of likely N-dealkylation sites (tertiary alicyclic amines) is 1. The molecule has 0 spiro atoms. The maximum absolute atomic E-state index is 3.75. The molecule has 0 amide bonds. The summed E-state index contributed by atoms with van der Waals surface area (Å²) in [7, 11) is 0. The molecule has 1 saturated heterocycles. The van der Waals surface area contributed by atoms with E-state index in [1.54, 1.807) is 0 Å². The van der Waals surface area contributed by atoms with Crippen molar-refractivity contribution in [3.8, 4) is 0 Å². The summed E-state index contributed by atoms with van der Waals surface area (Å²) >= 11 is 0. The predicted molar refractivity (Wildman–Crippen MR) is 74.4 cm³/mol. The Balaban J connectivity index is 1.53. The Kier molecular flexibility index (Phi) is 5.79. The van der Waals surface area contributed by atoms with Gasteiger partial charge in [0.25, 0.3) is 0 Å². The monoisotopic (exact) mass is 238 g/mol. The van der Waals surface area contributed by atoms with Crippen LogP contribution in [0.2, 0.25) is 0 Å². The summed E-state index contributed by atoms with van der Waals surface area (Å²) in [5.41, 5.74) is 0. The fourth-order valence-electron chi connectivity index (χ4n) is 3.55. The van der Waals surface area contributed by atoms with E-state index in [9.17, 15) is 0 Å². The van der Waals surface area contributed by atoms with Gasteiger partial charge in [-0.3, -0.25) is 0 Å². The third-order valence-electron chi connectivity index (χ3n) is 4.63. The minimum atomic E-state index is 0.837. The first-order valence-electron chi connectivity index (χ1n) is 7.87. The molecule has 100 valence electrons. The number of hydrogen-bond acceptors (Lipinski definition) is 2. The highest BCUT2D eigenvalue weighted by Gasteiger charge is 2.21. The second kappa shape index (κ2) is 7.38. The van der Waals surface area contributed by atoms with Gasteiger partial charge in [-0.15, -0.1) is 0 Å². The van der Waals surface area contributed by atoms with Gasteiger partial charge in [-0.25, -0.2) is 0 Å². The van der Waals surface area contributed by atoms with Gasteiger partial charge < -0.3 is 10.2 Å². The maximum Gasteiger partial charge on any atom is 0.00931 e. The third-order valence-corrected chi connectivity index (χ3v) is 4.63. The Labute approximate surface area is 107 Å². The Morgan fingerprint density at radius 3 is 2.65 bits per heavy atom. The van der Waals surface area contributed by atoms with E-state index in [4.69, 9.17) is 0 Å². The molecule has 1 saturated carbocycles. The zero-order chi connectivity index (χ0) is 11.9. The lowest BCUT2D eigenvalue weighted by Gasteiger charge is -2.25. The van der Waals surface area contributed by atoms with Crippen molar-refractivity contribution in [3.63, 3.8) is 0 Å². The van der Waals surface area contributed by atoms with Crippen LogP contribution in [0.5, 0.6) is 0 Å². The van der Waals surface area contributed by atoms with Gasteiger partial charge in [-0.2, -0.15) is 0 Å². The molecule has 1 N–H and O–H groups in total. The Morgan fingerprint density at radius 2 is 1.88 bits per heavy atom. The first kappa shape index (κ1) is 13.4. The van der Waals surface area contributed by atoms with Crippen LogP contribution in [0.3, 0.4) is 0 Å². The van der Waals surface area contributed by atoms with Crippen molar-refractivity contribution in [2.45, 2.75) is 76.8 Å². The van der Waals surface area contributed by atoms with Gasteiger partial charge in [0.2, 0.25) is 0 Å². The maximum atomic E-state index is 3.75. The van der Waals surface area contributed by atoms with E-state index >= 15 is 0 Å². The van der Waals surface area contributed by atoms with E-state index in [1.807, 2.05) is 0 Å². The molecule has 0 aromatic heterocycles. The van der Waals surface area contributed by atoms with Crippen LogP contribution >= 0.6 is 0 Å². The summed E-state index contributed by atoms with van der Waals surface area (Å²) < 4.78 is 0. The molecular weight excluding hydrogens is 208 g/mol. The van der Waals surface area contributed by atoms with Crippen molar-refractivity contribution >= 4 is 0 Å². The predicted octanol–water partition coefficient (Wildman–Crippen LogP) is 3.17. The molecule has 1 aliphatic carbocycles. The largest absolute Gasteiger partial charge is 0.314 e. The topological polar surface area (TPSA) is 15.3 Å². The molecule has 17 heavy (non-hydrogen) atoms. The normalized spacial score (nSPS) is 27.7. The Hall–Kier alpha value is -0.0800. The fraction of sp³-hybridized carbons (Fsp3) is 1.00. The molecule has 2 fully saturated rings. The van der Waals surface area contributed by atoms with E-state index < -0.39 is 0 Å². The Morgan fingerprint density at radius 1 is 1.06 bits per heavy atom. The second-order valence-electron chi connectivity index (χ2n) is 5.88.